The van der Waals surface area contributed by atoms with Gasteiger partial charge in [-0.2, -0.15) is 0 Å². The highest BCUT2D eigenvalue weighted by Crippen LogP contribution is 2.25. The fourth-order valence-electron chi connectivity index (χ4n) is 3.77. The molecule has 0 bridgehead atoms. The van der Waals surface area contributed by atoms with Crippen molar-refractivity contribution in [2.45, 2.75) is 37.0 Å². The maximum atomic E-state index is 12.6. The fourth-order valence-corrected chi connectivity index (χ4v) is 4.72. The number of piperidine rings is 1. The van der Waals surface area contributed by atoms with Crippen molar-refractivity contribution in [2.75, 3.05) is 39.6 Å². The number of aryl methyl sites for hydroxylation is 1. The number of rotatable bonds is 8. The predicted octanol–water partition coefficient (Wildman–Crippen LogP) is 3.14. The number of benzene rings is 2. The fraction of sp³-hybridized carbons (Fsp3) is 0.417. The van der Waals surface area contributed by atoms with Crippen LogP contribution in [0.15, 0.2) is 47.4 Å². The third-order valence-corrected chi connectivity index (χ3v) is 7.52. The highest BCUT2D eigenvalue weighted by atomic mass is 32.2. The number of nitrogens with one attached hydrogen (secondary N) is 1. The summed E-state index contributed by atoms with van der Waals surface area (Å²) in [7, 11) is 0.862. The van der Waals surface area contributed by atoms with Crippen LogP contribution in [-0.2, 0) is 21.2 Å². The molecule has 1 N–H and O–H groups in total. The van der Waals surface area contributed by atoms with Crippen LogP contribution < -0.4 is 10.1 Å². The maximum Gasteiger partial charge on any atom is 0.253 e. The van der Waals surface area contributed by atoms with E-state index in [1.807, 2.05) is 4.90 Å². The smallest absolute Gasteiger partial charge is 0.253 e. The van der Waals surface area contributed by atoms with E-state index in [4.69, 9.17) is 4.74 Å². The van der Waals surface area contributed by atoms with Gasteiger partial charge in [0.05, 0.1) is 12.0 Å². The number of carbonyl (C=O) groups excluding carboxylic acids is 2. The summed E-state index contributed by atoms with van der Waals surface area (Å²) in [6.07, 6.45) is 3.70. The molecule has 1 fully saturated rings. The zero-order valence-corrected chi connectivity index (χ0v) is 20.2. The lowest BCUT2D eigenvalue weighted by molar-refractivity contribution is -0.116. The van der Waals surface area contributed by atoms with Crippen molar-refractivity contribution in [1.82, 2.24) is 9.21 Å². The molecule has 1 saturated heterocycles. The van der Waals surface area contributed by atoms with E-state index in [2.05, 4.69) is 5.32 Å². The zero-order valence-electron chi connectivity index (χ0n) is 19.3. The summed E-state index contributed by atoms with van der Waals surface area (Å²) < 4.78 is 31.3. The first-order chi connectivity index (χ1) is 15.7. The minimum atomic E-state index is -3.58. The number of ether oxygens (including phenoxy) is 1. The van der Waals surface area contributed by atoms with Gasteiger partial charge >= 0.3 is 0 Å². The number of anilines is 1. The van der Waals surface area contributed by atoms with Crippen molar-refractivity contribution < 1.29 is 22.7 Å². The van der Waals surface area contributed by atoms with Crippen molar-refractivity contribution in [3.05, 3.63) is 53.6 Å². The van der Waals surface area contributed by atoms with Gasteiger partial charge in [-0.15, -0.1) is 0 Å². The SMILES string of the molecule is COc1ccc(S(=O)(=O)N(C)C)cc1CCC(=O)Nc1ccc(C(=O)N2CCCCC2)cc1. The van der Waals surface area contributed by atoms with Gasteiger partial charge in [-0.1, -0.05) is 0 Å². The second kappa shape index (κ2) is 10.8. The third-order valence-electron chi connectivity index (χ3n) is 5.71. The summed E-state index contributed by atoms with van der Waals surface area (Å²) in [6.45, 7) is 1.58. The van der Waals surface area contributed by atoms with Crippen molar-refractivity contribution in [3.63, 3.8) is 0 Å². The third kappa shape index (κ3) is 6.11. The van der Waals surface area contributed by atoms with Gasteiger partial charge in [0.2, 0.25) is 15.9 Å². The number of methoxy groups -OCH3 is 1. The Hall–Kier alpha value is -2.91. The Labute approximate surface area is 195 Å². The summed E-state index contributed by atoms with van der Waals surface area (Å²) in [4.78, 5) is 27.1. The van der Waals surface area contributed by atoms with Gasteiger partial charge in [-0.25, -0.2) is 12.7 Å². The van der Waals surface area contributed by atoms with E-state index in [9.17, 15) is 18.0 Å². The Morgan fingerprint density at radius 2 is 1.70 bits per heavy atom. The lowest BCUT2D eigenvalue weighted by Gasteiger charge is -2.26. The van der Waals surface area contributed by atoms with Crippen LogP contribution in [0.1, 0.15) is 41.6 Å². The number of carbonyl (C=O) groups is 2. The Morgan fingerprint density at radius 3 is 2.30 bits per heavy atom. The largest absolute Gasteiger partial charge is 0.496 e. The summed E-state index contributed by atoms with van der Waals surface area (Å²) in [6, 6.07) is 11.5. The first-order valence-corrected chi connectivity index (χ1v) is 12.4. The second-order valence-corrected chi connectivity index (χ2v) is 10.4. The Balaban J connectivity index is 1.61. The molecule has 9 heteroatoms. The summed E-state index contributed by atoms with van der Waals surface area (Å²) in [5, 5.41) is 2.83. The molecule has 1 heterocycles. The van der Waals surface area contributed by atoms with Crippen LogP contribution in [0.4, 0.5) is 5.69 Å². The van der Waals surface area contributed by atoms with Crippen molar-refractivity contribution in [3.8, 4) is 5.75 Å². The Bertz CT molecular complexity index is 1090. The number of likely N-dealkylation sites (tertiary alicyclic amines) is 1. The summed E-state index contributed by atoms with van der Waals surface area (Å²) >= 11 is 0. The average molecular weight is 474 g/mol. The first kappa shape index (κ1) is 24.7. The predicted molar refractivity (Wildman–Crippen MR) is 127 cm³/mol. The van der Waals surface area contributed by atoms with Crippen LogP contribution in [-0.4, -0.2) is 63.7 Å². The summed E-state index contributed by atoms with van der Waals surface area (Å²) in [5.74, 6) is 0.335. The van der Waals surface area contributed by atoms with Crippen LogP contribution in [0.2, 0.25) is 0 Å². The number of nitrogens with zero attached hydrogens (tertiary/aromatic N) is 2. The van der Waals surface area contributed by atoms with E-state index >= 15 is 0 Å². The topological polar surface area (TPSA) is 96.0 Å². The first-order valence-electron chi connectivity index (χ1n) is 11.0. The molecule has 3 rings (SSSR count). The number of sulfonamides is 1. The molecule has 0 atom stereocenters. The normalized spacial score (nSPS) is 14.2. The van der Waals surface area contributed by atoms with Gasteiger partial charge in [-0.3, -0.25) is 9.59 Å². The lowest BCUT2D eigenvalue weighted by atomic mass is 10.1. The molecule has 0 aliphatic carbocycles. The van der Waals surface area contributed by atoms with Crippen LogP contribution in [0.3, 0.4) is 0 Å². The molecule has 2 aromatic carbocycles. The molecule has 0 aromatic heterocycles. The second-order valence-electron chi connectivity index (χ2n) is 8.24. The molecule has 1 aliphatic rings. The molecule has 178 valence electrons. The Morgan fingerprint density at radius 1 is 1.03 bits per heavy atom. The average Bonchev–Trinajstić information content (AvgIpc) is 2.83. The molecule has 2 amide bonds. The van der Waals surface area contributed by atoms with Gasteiger partial charge in [0.25, 0.3) is 5.91 Å². The molecular weight excluding hydrogens is 442 g/mol. The van der Waals surface area contributed by atoms with E-state index < -0.39 is 10.0 Å². The molecule has 8 nitrogen and oxygen atoms in total. The molecule has 0 spiro atoms. The number of amides is 2. The van der Waals surface area contributed by atoms with E-state index in [-0.39, 0.29) is 23.1 Å². The Kier molecular flexibility index (Phi) is 8.10. The van der Waals surface area contributed by atoms with Crippen LogP contribution in [0.5, 0.6) is 5.75 Å². The molecule has 33 heavy (non-hydrogen) atoms. The standard InChI is InChI=1S/C24H31N3O5S/c1-26(2)33(30,31)21-12-13-22(32-3)19(17-21)9-14-23(28)25-20-10-7-18(8-11-20)24(29)27-15-5-4-6-16-27/h7-8,10-13,17H,4-6,9,14-16H2,1-3H3,(H,25,28). The zero-order chi connectivity index (χ0) is 24.0. The quantitative estimate of drug-likeness (QED) is 0.635. The summed E-state index contributed by atoms with van der Waals surface area (Å²) in [5.41, 5.74) is 1.85. The van der Waals surface area contributed by atoms with Crippen molar-refractivity contribution in [2.24, 2.45) is 0 Å². The monoisotopic (exact) mass is 473 g/mol. The number of hydrogen-bond acceptors (Lipinski definition) is 5. The maximum absolute atomic E-state index is 12.6. The molecular formula is C24H31N3O5S. The van der Waals surface area contributed by atoms with E-state index in [0.29, 0.717) is 29.0 Å². The van der Waals surface area contributed by atoms with Gasteiger partial charge in [-0.05, 0) is 73.7 Å². The van der Waals surface area contributed by atoms with Crippen molar-refractivity contribution >= 4 is 27.5 Å². The molecule has 0 saturated carbocycles. The van der Waals surface area contributed by atoms with Gasteiger partial charge in [0, 0.05) is 44.9 Å². The van der Waals surface area contributed by atoms with Crippen LogP contribution in [0.25, 0.3) is 0 Å². The van der Waals surface area contributed by atoms with Gasteiger partial charge in [0.15, 0.2) is 0 Å². The number of hydrogen-bond donors (Lipinski definition) is 1. The molecule has 1 aliphatic heterocycles. The minimum Gasteiger partial charge on any atom is -0.496 e. The molecule has 0 radical (unpaired) electrons. The van der Waals surface area contributed by atoms with Crippen LogP contribution in [0, 0.1) is 0 Å². The van der Waals surface area contributed by atoms with Gasteiger partial charge in [0.1, 0.15) is 5.75 Å². The van der Waals surface area contributed by atoms with E-state index in [1.165, 1.54) is 27.3 Å². The lowest BCUT2D eigenvalue weighted by Crippen LogP contribution is -2.35. The molecule has 0 unspecified atom stereocenters. The van der Waals surface area contributed by atoms with Gasteiger partial charge < -0.3 is 15.0 Å². The highest BCUT2D eigenvalue weighted by molar-refractivity contribution is 7.89. The van der Waals surface area contributed by atoms with Crippen LogP contribution >= 0.6 is 0 Å². The van der Waals surface area contributed by atoms with E-state index in [1.54, 1.807) is 36.4 Å². The van der Waals surface area contributed by atoms with Crippen molar-refractivity contribution in [1.29, 1.82) is 0 Å². The highest BCUT2D eigenvalue weighted by Gasteiger charge is 2.20. The minimum absolute atomic E-state index is 0.0206. The molecule has 2 aromatic rings. The van der Waals surface area contributed by atoms with E-state index in [0.717, 1.165) is 36.7 Å².